The predicted octanol–water partition coefficient (Wildman–Crippen LogP) is 4.04. The van der Waals surface area contributed by atoms with E-state index in [-0.39, 0.29) is 5.91 Å². The molecular formula is C23H24N4O2. The van der Waals surface area contributed by atoms with Gasteiger partial charge in [-0.25, -0.2) is 0 Å². The van der Waals surface area contributed by atoms with Gasteiger partial charge in [-0.05, 0) is 24.1 Å². The number of amides is 1. The van der Waals surface area contributed by atoms with Gasteiger partial charge in [-0.1, -0.05) is 48.0 Å². The van der Waals surface area contributed by atoms with Crippen molar-refractivity contribution in [2.45, 2.75) is 32.7 Å². The van der Waals surface area contributed by atoms with Crippen LogP contribution < -0.4 is 0 Å². The normalized spacial score (nSPS) is 11.1. The Balaban J connectivity index is 1.32. The molecule has 2 aromatic heterocycles. The van der Waals surface area contributed by atoms with E-state index in [1.165, 1.54) is 5.56 Å². The van der Waals surface area contributed by atoms with Crippen LogP contribution in [0.1, 0.15) is 34.9 Å². The highest BCUT2D eigenvalue weighted by atomic mass is 16.4. The number of nitrogens with zero attached hydrogens (tertiary/aromatic N) is 3. The third-order valence-corrected chi connectivity index (χ3v) is 5.04. The van der Waals surface area contributed by atoms with Crippen molar-refractivity contribution in [2.75, 3.05) is 7.05 Å². The van der Waals surface area contributed by atoms with Gasteiger partial charge >= 0.3 is 0 Å². The number of aromatic amines is 1. The van der Waals surface area contributed by atoms with Crippen LogP contribution >= 0.6 is 0 Å². The van der Waals surface area contributed by atoms with Crippen molar-refractivity contribution in [1.82, 2.24) is 20.1 Å². The first kappa shape index (κ1) is 18.9. The first-order chi connectivity index (χ1) is 14.1. The Kier molecular flexibility index (Phi) is 5.42. The number of nitrogens with one attached hydrogen (secondary N) is 1. The number of fused-ring (bicyclic) bond motifs is 1. The molecule has 1 amide bonds. The summed E-state index contributed by atoms with van der Waals surface area (Å²) < 4.78 is 5.76. The molecule has 1 N–H and O–H groups in total. The molecule has 0 aliphatic rings. The molecule has 4 aromatic rings. The summed E-state index contributed by atoms with van der Waals surface area (Å²) >= 11 is 0. The van der Waals surface area contributed by atoms with Gasteiger partial charge < -0.3 is 14.3 Å². The fourth-order valence-electron chi connectivity index (χ4n) is 3.36. The van der Waals surface area contributed by atoms with Gasteiger partial charge in [-0.2, -0.15) is 0 Å². The standard InChI is InChI=1S/C23H24N4O2/c1-16-7-9-17(10-8-16)15-27(2)23(28)12-11-21-25-26-22(29-21)13-18-14-24-20-6-4-3-5-19(18)20/h3-10,14,24H,11-13,15H2,1-2H3. The Morgan fingerprint density at radius 2 is 1.83 bits per heavy atom. The van der Waals surface area contributed by atoms with E-state index in [2.05, 4.69) is 40.3 Å². The number of carbonyl (C=O) groups is 1. The van der Waals surface area contributed by atoms with Gasteiger partial charge in [0.05, 0.1) is 6.42 Å². The van der Waals surface area contributed by atoms with Crippen molar-refractivity contribution in [3.8, 4) is 0 Å². The molecule has 0 aliphatic carbocycles. The summed E-state index contributed by atoms with van der Waals surface area (Å²) in [6.07, 6.45) is 3.32. The Hall–Kier alpha value is -3.41. The fourth-order valence-corrected chi connectivity index (χ4v) is 3.36. The molecule has 2 heterocycles. The van der Waals surface area contributed by atoms with Crippen LogP contribution in [-0.4, -0.2) is 33.0 Å². The lowest BCUT2D eigenvalue weighted by Gasteiger charge is -2.17. The molecule has 148 valence electrons. The Labute approximate surface area is 169 Å². The predicted molar refractivity (Wildman–Crippen MR) is 111 cm³/mol. The van der Waals surface area contributed by atoms with Crippen molar-refractivity contribution < 1.29 is 9.21 Å². The van der Waals surface area contributed by atoms with Crippen LogP contribution in [-0.2, 0) is 24.2 Å². The maximum absolute atomic E-state index is 12.4. The summed E-state index contributed by atoms with van der Waals surface area (Å²) in [4.78, 5) is 17.4. The van der Waals surface area contributed by atoms with Gasteiger partial charge in [-0.15, -0.1) is 10.2 Å². The number of hydrogen-bond donors (Lipinski definition) is 1. The number of carbonyl (C=O) groups excluding carboxylic acids is 1. The Morgan fingerprint density at radius 1 is 1.07 bits per heavy atom. The lowest BCUT2D eigenvalue weighted by atomic mass is 10.1. The fraction of sp³-hybridized carbons (Fsp3) is 0.261. The van der Waals surface area contributed by atoms with Gasteiger partial charge in [0.2, 0.25) is 17.7 Å². The lowest BCUT2D eigenvalue weighted by molar-refractivity contribution is -0.130. The summed E-state index contributed by atoms with van der Waals surface area (Å²) in [5.41, 5.74) is 4.53. The van der Waals surface area contributed by atoms with Gasteiger partial charge in [-0.3, -0.25) is 4.79 Å². The maximum Gasteiger partial charge on any atom is 0.223 e. The van der Waals surface area contributed by atoms with E-state index < -0.39 is 0 Å². The summed E-state index contributed by atoms with van der Waals surface area (Å²) in [6, 6.07) is 16.3. The monoisotopic (exact) mass is 388 g/mol. The average molecular weight is 388 g/mol. The molecule has 0 saturated carbocycles. The van der Waals surface area contributed by atoms with Crippen LogP contribution in [0.3, 0.4) is 0 Å². The number of aryl methyl sites for hydroxylation is 2. The zero-order valence-corrected chi connectivity index (χ0v) is 16.7. The molecule has 0 bridgehead atoms. The smallest absolute Gasteiger partial charge is 0.223 e. The minimum absolute atomic E-state index is 0.0574. The molecule has 0 atom stereocenters. The third-order valence-electron chi connectivity index (χ3n) is 5.04. The largest absolute Gasteiger partial charge is 0.425 e. The highest BCUT2D eigenvalue weighted by molar-refractivity contribution is 5.83. The molecule has 2 aromatic carbocycles. The van der Waals surface area contributed by atoms with Gasteiger partial charge in [0.15, 0.2) is 0 Å². The summed E-state index contributed by atoms with van der Waals surface area (Å²) in [5.74, 6) is 1.11. The minimum atomic E-state index is 0.0574. The number of H-pyrrole nitrogens is 1. The quantitative estimate of drug-likeness (QED) is 0.518. The van der Waals surface area contributed by atoms with Crippen molar-refractivity contribution in [3.05, 3.63) is 83.2 Å². The number of hydrogen-bond acceptors (Lipinski definition) is 4. The van der Waals surface area contributed by atoms with Crippen LogP contribution in [0.4, 0.5) is 0 Å². The molecule has 6 heteroatoms. The van der Waals surface area contributed by atoms with Crippen molar-refractivity contribution >= 4 is 16.8 Å². The van der Waals surface area contributed by atoms with E-state index in [1.807, 2.05) is 43.6 Å². The van der Waals surface area contributed by atoms with Crippen LogP contribution in [0, 0.1) is 6.92 Å². The van der Waals surface area contributed by atoms with Crippen molar-refractivity contribution in [3.63, 3.8) is 0 Å². The number of para-hydroxylation sites is 1. The molecule has 0 unspecified atom stereocenters. The van der Waals surface area contributed by atoms with E-state index in [1.54, 1.807) is 4.90 Å². The van der Waals surface area contributed by atoms with E-state index in [0.29, 0.717) is 37.6 Å². The molecule has 0 fully saturated rings. The number of rotatable bonds is 7. The molecule has 4 rings (SSSR count). The third kappa shape index (κ3) is 4.54. The summed E-state index contributed by atoms with van der Waals surface area (Å²) in [6.45, 7) is 2.64. The Morgan fingerprint density at radius 3 is 2.66 bits per heavy atom. The zero-order chi connectivity index (χ0) is 20.2. The lowest BCUT2D eigenvalue weighted by Crippen LogP contribution is -2.26. The highest BCUT2D eigenvalue weighted by Gasteiger charge is 2.14. The zero-order valence-electron chi connectivity index (χ0n) is 16.7. The molecule has 6 nitrogen and oxygen atoms in total. The van der Waals surface area contributed by atoms with Gasteiger partial charge in [0.1, 0.15) is 0 Å². The summed E-state index contributed by atoms with van der Waals surface area (Å²) in [7, 11) is 1.82. The van der Waals surface area contributed by atoms with E-state index in [4.69, 9.17) is 4.42 Å². The van der Waals surface area contributed by atoms with E-state index in [9.17, 15) is 4.79 Å². The number of benzene rings is 2. The molecule has 0 saturated heterocycles. The molecule has 0 radical (unpaired) electrons. The molecule has 0 aliphatic heterocycles. The Bertz CT molecular complexity index is 1110. The summed E-state index contributed by atoms with van der Waals surface area (Å²) in [5, 5.41) is 9.40. The molecule has 29 heavy (non-hydrogen) atoms. The maximum atomic E-state index is 12.4. The van der Waals surface area contributed by atoms with E-state index >= 15 is 0 Å². The van der Waals surface area contributed by atoms with Crippen molar-refractivity contribution in [1.29, 1.82) is 0 Å². The van der Waals surface area contributed by atoms with Crippen LogP contribution in [0.25, 0.3) is 10.9 Å². The highest BCUT2D eigenvalue weighted by Crippen LogP contribution is 2.20. The van der Waals surface area contributed by atoms with Crippen LogP contribution in [0.2, 0.25) is 0 Å². The van der Waals surface area contributed by atoms with Gasteiger partial charge in [0, 0.05) is 43.5 Å². The van der Waals surface area contributed by atoms with Gasteiger partial charge in [0.25, 0.3) is 0 Å². The first-order valence-corrected chi connectivity index (χ1v) is 9.74. The minimum Gasteiger partial charge on any atom is -0.425 e. The van der Waals surface area contributed by atoms with Crippen LogP contribution in [0.15, 0.2) is 59.1 Å². The van der Waals surface area contributed by atoms with E-state index in [0.717, 1.165) is 22.0 Å². The molecule has 0 spiro atoms. The second-order valence-electron chi connectivity index (χ2n) is 7.36. The first-order valence-electron chi connectivity index (χ1n) is 9.74. The average Bonchev–Trinajstić information content (AvgIpc) is 3.35. The van der Waals surface area contributed by atoms with Crippen molar-refractivity contribution in [2.24, 2.45) is 0 Å². The number of aromatic nitrogens is 3. The molecular weight excluding hydrogens is 364 g/mol. The second-order valence-corrected chi connectivity index (χ2v) is 7.36. The second kappa shape index (κ2) is 8.31. The SMILES string of the molecule is Cc1ccc(CN(C)C(=O)CCc2nnc(Cc3c[nH]c4ccccc34)o2)cc1. The topological polar surface area (TPSA) is 75.0 Å². The van der Waals surface area contributed by atoms with Crippen LogP contribution in [0.5, 0.6) is 0 Å².